The Bertz CT molecular complexity index is 954. The molecule has 1 atom stereocenters. The highest BCUT2D eigenvalue weighted by Gasteiger charge is 2.23. The molecule has 0 rings (SSSR count). The molecule has 0 aliphatic heterocycles. The molecule has 0 fully saturated rings. The molecule has 1 unspecified atom stereocenters. The number of esters is 2. The SMILES string of the molecule is CCCCCCCC/C=C\CCCCCCCC(=O)OCC(COC(=O)CCCCCCC/C=C\CCCCCCCC)NC(=O)C(CCCNCCCN)NCCCN. The normalized spacial score (nSPS) is 12.2. The van der Waals surface area contributed by atoms with Crippen LogP contribution in [0.5, 0.6) is 0 Å². The van der Waals surface area contributed by atoms with Crippen LogP contribution in [-0.4, -0.2) is 75.9 Å². The summed E-state index contributed by atoms with van der Waals surface area (Å²) in [5.74, 6) is -0.763. The summed E-state index contributed by atoms with van der Waals surface area (Å²) in [6.45, 7) is 7.88. The first kappa shape index (κ1) is 57.7. The number of nitrogens with one attached hydrogen (secondary N) is 3. The minimum absolute atomic E-state index is 0.0352. The van der Waals surface area contributed by atoms with Gasteiger partial charge in [0, 0.05) is 12.8 Å². The Kier molecular flexibility index (Phi) is 46.0. The van der Waals surface area contributed by atoms with Gasteiger partial charge in [-0.05, 0) is 123 Å². The fourth-order valence-electron chi connectivity index (χ4n) is 7.13. The Hall–Kier alpha value is -2.27. The Labute approximate surface area is 369 Å². The van der Waals surface area contributed by atoms with Crippen LogP contribution in [0.15, 0.2) is 24.3 Å². The van der Waals surface area contributed by atoms with Gasteiger partial charge in [0.05, 0.1) is 12.1 Å². The molecule has 0 spiro atoms. The summed E-state index contributed by atoms with van der Waals surface area (Å²) < 4.78 is 11.3. The zero-order valence-corrected chi connectivity index (χ0v) is 39.2. The minimum atomic E-state index is -0.630. The smallest absolute Gasteiger partial charge is 0.305 e. The molecule has 0 aromatic carbocycles. The maximum absolute atomic E-state index is 13.5. The Morgan fingerprint density at radius 1 is 0.483 bits per heavy atom. The number of ether oxygens (including phenoxy) is 2. The zero-order valence-electron chi connectivity index (χ0n) is 39.2. The van der Waals surface area contributed by atoms with Crippen molar-refractivity contribution < 1.29 is 23.9 Å². The lowest BCUT2D eigenvalue weighted by molar-refractivity contribution is -0.149. The second-order valence-corrected chi connectivity index (χ2v) is 16.9. The maximum Gasteiger partial charge on any atom is 0.305 e. The molecule has 0 aromatic heterocycles. The average molecular weight is 848 g/mol. The molecule has 10 heteroatoms. The lowest BCUT2D eigenvalue weighted by Gasteiger charge is -2.23. The van der Waals surface area contributed by atoms with Crippen molar-refractivity contribution >= 4 is 17.8 Å². The van der Waals surface area contributed by atoms with Gasteiger partial charge in [-0.15, -0.1) is 0 Å². The Morgan fingerprint density at radius 3 is 1.30 bits per heavy atom. The lowest BCUT2D eigenvalue weighted by atomic mass is 10.1. The van der Waals surface area contributed by atoms with Gasteiger partial charge in [-0.2, -0.15) is 0 Å². The van der Waals surface area contributed by atoms with Crippen LogP contribution in [0.3, 0.4) is 0 Å². The third kappa shape index (κ3) is 42.4. The summed E-state index contributed by atoms with van der Waals surface area (Å²) in [4.78, 5) is 39.0. The van der Waals surface area contributed by atoms with Gasteiger partial charge in [-0.1, -0.05) is 141 Å². The first-order valence-corrected chi connectivity index (χ1v) is 25.2. The van der Waals surface area contributed by atoms with E-state index in [0.29, 0.717) is 38.9 Å². The predicted molar refractivity (Wildman–Crippen MR) is 254 cm³/mol. The van der Waals surface area contributed by atoms with Gasteiger partial charge in [-0.25, -0.2) is 0 Å². The zero-order chi connectivity index (χ0) is 43.8. The molecule has 10 nitrogen and oxygen atoms in total. The number of allylic oxidation sites excluding steroid dienone is 4. The number of carbonyl (C=O) groups is 3. The molecule has 0 heterocycles. The van der Waals surface area contributed by atoms with Gasteiger partial charge in [0.15, 0.2) is 0 Å². The van der Waals surface area contributed by atoms with E-state index in [2.05, 4.69) is 54.1 Å². The van der Waals surface area contributed by atoms with Gasteiger partial charge in [0.25, 0.3) is 0 Å². The largest absolute Gasteiger partial charge is 0.463 e. The van der Waals surface area contributed by atoms with Gasteiger partial charge in [0.2, 0.25) is 5.91 Å². The number of carbonyl (C=O) groups excluding carboxylic acids is 3. The van der Waals surface area contributed by atoms with Crippen LogP contribution in [0.4, 0.5) is 0 Å². The molecule has 1 amide bonds. The minimum Gasteiger partial charge on any atom is -0.463 e. The van der Waals surface area contributed by atoms with E-state index in [-0.39, 0.29) is 31.1 Å². The van der Waals surface area contributed by atoms with E-state index in [4.69, 9.17) is 20.9 Å². The van der Waals surface area contributed by atoms with Gasteiger partial charge in [-0.3, -0.25) is 14.4 Å². The van der Waals surface area contributed by atoms with Gasteiger partial charge >= 0.3 is 11.9 Å². The molecule has 0 saturated carbocycles. The van der Waals surface area contributed by atoms with E-state index in [1.54, 1.807) is 0 Å². The van der Waals surface area contributed by atoms with Crippen LogP contribution in [0.25, 0.3) is 0 Å². The highest BCUT2D eigenvalue weighted by molar-refractivity contribution is 5.82. The molecule has 0 aliphatic carbocycles. The fourth-order valence-corrected chi connectivity index (χ4v) is 7.13. The molecule has 0 aromatic rings. The quantitative estimate of drug-likeness (QED) is 0.0228. The third-order valence-corrected chi connectivity index (χ3v) is 11.0. The number of hydrogen-bond donors (Lipinski definition) is 5. The average Bonchev–Trinajstić information content (AvgIpc) is 3.25. The van der Waals surface area contributed by atoms with Gasteiger partial charge in [0.1, 0.15) is 13.2 Å². The first-order valence-electron chi connectivity index (χ1n) is 25.2. The molecule has 0 aliphatic rings. The molecule has 0 radical (unpaired) electrons. The number of unbranched alkanes of at least 4 members (excludes halogenated alkanes) is 22. The van der Waals surface area contributed by atoms with Crippen LogP contribution in [-0.2, 0) is 23.9 Å². The Balaban J connectivity index is 4.70. The van der Waals surface area contributed by atoms with Crippen LogP contribution >= 0.6 is 0 Å². The van der Waals surface area contributed by atoms with Crippen molar-refractivity contribution in [2.24, 2.45) is 11.5 Å². The van der Waals surface area contributed by atoms with Gasteiger partial charge < -0.3 is 36.9 Å². The van der Waals surface area contributed by atoms with Crippen molar-refractivity contribution in [3.8, 4) is 0 Å². The number of rotatable bonds is 47. The predicted octanol–water partition coefficient (Wildman–Crippen LogP) is 10.7. The van der Waals surface area contributed by atoms with Crippen LogP contribution in [0.1, 0.15) is 219 Å². The molecule has 0 bridgehead atoms. The third-order valence-electron chi connectivity index (χ3n) is 11.0. The highest BCUT2D eigenvalue weighted by Crippen LogP contribution is 2.13. The van der Waals surface area contributed by atoms with Crippen molar-refractivity contribution in [3.05, 3.63) is 24.3 Å². The Morgan fingerprint density at radius 2 is 0.867 bits per heavy atom. The highest BCUT2D eigenvalue weighted by atomic mass is 16.5. The topological polar surface area (TPSA) is 158 Å². The number of amides is 1. The van der Waals surface area contributed by atoms with Crippen molar-refractivity contribution in [2.75, 3.05) is 45.9 Å². The lowest BCUT2D eigenvalue weighted by Crippen LogP contribution is -2.51. The maximum atomic E-state index is 13.5. The van der Waals surface area contributed by atoms with E-state index in [0.717, 1.165) is 96.6 Å². The van der Waals surface area contributed by atoms with Crippen molar-refractivity contribution in [3.63, 3.8) is 0 Å². The van der Waals surface area contributed by atoms with E-state index in [1.165, 1.54) is 103 Å². The summed E-state index contributed by atoms with van der Waals surface area (Å²) in [5, 5.41) is 9.73. The van der Waals surface area contributed by atoms with E-state index >= 15 is 0 Å². The number of hydrogen-bond acceptors (Lipinski definition) is 9. The molecule has 60 heavy (non-hydrogen) atoms. The second-order valence-electron chi connectivity index (χ2n) is 16.9. The molecular weight excluding hydrogens is 751 g/mol. The summed E-state index contributed by atoms with van der Waals surface area (Å²) in [7, 11) is 0. The number of nitrogens with two attached hydrogens (primary N) is 2. The molecule has 352 valence electrons. The standard InChI is InChI=1S/C50H97N5O5/c1-3-5-7-9-11-13-15-17-19-21-23-25-27-29-31-37-48(56)59-44-46(55-50(58)47(54-43-35-40-52)36-33-41-53-42-34-39-51)45-60-49(57)38-32-30-28-26-24-22-20-18-16-14-12-10-8-6-4-2/h17-20,46-47,53-54H,3-16,21-45,51-52H2,1-2H3,(H,55,58)/b19-17-,20-18-. The van der Waals surface area contributed by atoms with Crippen LogP contribution in [0, 0.1) is 0 Å². The van der Waals surface area contributed by atoms with Crippen molar-refractivity contribution in [1.29, 1.82) is 0 Å². The monoisotopic (exact) mass is 848 g/mol. The second kappa shape index (κ2) is 47.8. The van der Waals surface area contributed by atoms with E-state index < -0.39 is 12.1 Å². The molecular formula is C50H97N5O5. The summed E-state index contributed by atoms with van der Waals surface area (Å²) in [6, 6.07) is -1.07. The van der Waals surface area contributed by atoms with Crippen molar-refractivity contribution in [2.45, 2.75) is 231 Å². The first-order chi connectivity index (χ1) is 29.5. The summed E-state index contributed by atoms with van der Waals surface area (Å²) in [5.41, 5.74) is 11.3. The van der Waals surface area contributed by atoms with Crippen molar-refractivity contribution in [1.82, 2.24) is 16.0 Å². The molecule has 7 N–H and O–H groups in total. The molecule has 0 saturated heterocycles. The van der Waals surface area contributed by atoms with Crippen LogP contribution < -0.4 is 27.4 Å². The van der Waals surface area contributed by atoms with E-state index in [9.17, 15) is 14.4 Å². The summed E-state index contributed by atoms with van der Waals surface area (Å²) >= 11 is 0. The fraction of sp³-hybridized carbons (Fsp3) is 0.860. The summed E-state index contributed by atoms with van der Waals surface area (Å²) in [6.07, 6.45) is 44.3. The van der Waals surface area contributed by atoms with E-state index in [1.807, 2.05) is 0 Å². The van der Waals surface area contributed by atoms with Crippen LogP contribution in [0.2, 0.25) is 0 Å².